The first-order chi connectivity index (χ1) is 8.86. The molecule has 0 saturated heterocycles. The van der Waals surface area contributed by atoms with E-state index in [-0.39, 0.29) is 6.61 Å². The second kappa shape index (κ2) is 5.04. The van der Waals surface area contributed by atoms with E-state index in [0.717, 1.165) is 17.0 Å². The molecule has 92 valence electrons. The minimum Gasteiger partial charge on any atom is -0.392 e. The summed E-state index contributed by atoms with van der Waals surface area (Å²) in [6, 6.07) is 16.9. The van der Waals surface area contributed by atoms with Crippen molar-refractivity contribution in [2.45, 2.75) is 17.5 Å². The molecule has 0 bridgehead atoms. The van der Waals surface area contributed by atoms with Gasteiger partial charge >= 0.3 is 0 Å². The maximum Gasteiger partial charge on any atom is 0.0681 e. The highest BCUT2D eigenvalue weighted by Gasteiger charge is 2.22. The van der Waals surface area contributed by atoms with Gasteiger partial charge in [-0.15, -0.1) is 11.8 Å². The number of rotatable bonds is 3. The Morgan fingerprint density at radius 2 is 1.89 bits per heavy atom. The summed E-state index contributed by atoms with van der Waals surface area (Å²) in [5, 5.41) is 12.6. The fourth-order valence-corrected chi connectivity index (χ4v) is 3.35. The SMILES string of the molecule is OCc1ccc(NC2CSc3ccccc32)cc1. The lowest BCUT2D eigenvalue weighted by Crippen LogP contribution is -2.09. The number of aliphatic hydroxyl groups is 1. The van der Waals surface area contributed by atoms with Crippen LogP contribution in [0.15, 0.2) is 53.4 Å². The number of fused-ring (bicyclic) bond motifs is 1. The number of nitrogens with one attached hydrogen (secondary N) is 1. The Labute approximate surface area is 111 Å². The van der Waals surface area contributed by atoms with Crippen molar-refractivity contribution < 1.29 is 5.11 Å². The highest BCUT2D eigenvalue weighted by Crippen LogP contribution is 2.39. The van der Waals surface area contributed by atoms with E-state index in [2.05, 4.69) is 29.6 Å². The standard InChI is InChI=1S/C15H15NOS/c17-9-11-5-7-12(8-6-11)16-14-10-18-15-4-2-1-3-13(14)15/h1-8,14,16-17H,9-10H2. The van der Waals surface area contributed by atoms with Gasteiger partial charge in [-0.05, 0) is 29.3 Å². The zero-order valence-electron chi connectivity index (χ0n) is 9.97. The summed E-state index contributed by atoms with van der Waals surface area (Å²) in [5.74, 6) is 1.07. The average molecular weight is 257 g/mol. The Kier molecular flexibility index (Phi) is 3.26. The largest absolute Gasteiger partial charge is 0.392 e. The molecule has 2 N–H and O–H groups in total. The van der Waals surface area contributed by atoms with Crippen molar-refractivity contribution in [2.75, 3.05) is 11.1 Å². The molecule has 1 atom stereocenters. The van der Waals surface area contributed by atoms with E-state index < -0.39 is 0 Å². The van der Waals surface area contributed by atoms with Gasteiger partial charge in [-0.25, -0.2) is 0 Å². The van der Waals surface area contributed by atoms with Gasteiger partial charge in [-0.3, -0.25) is 0 Å². The molecule has 2 aromatic carbocycles. The van der Waals surface area contributed by atoms with Gasteiger partial charge in [0.15, 0.2) is 0 Å². The molecule has 0 aliphatic carbocycles. The smallest absolute Gasteiger partial charge is 0.0681 e. The van der Waals surface area contributed by atoms with Crippen molar-refractivity contribution >= 4 is 17.4 Å². The molecule has 2 aromatic rings. The van der Waals surface area contributed by atoms with E-state index >= 15 is 0 Å². The number of anilines is 1. The summed E-state index contributed by atoms with van der Waals surface area (Å²) < 4.78 is 0. The molecule has 2 nitrogen and oxygen atoms in total. The van der Waals surface area contributed by atoms with Crippen LogP contribution in [0.5, 0.6) is 0 Å². The number of aliphatic hydroxyl groups excluding tert-OH is 1. The zero-order chi connectivity index (χ0) is 12.4. The zero-order valence-corrected chi connectivity index (χ0v) is 10.8. The van der Waals surface area contributed by atoms with E-state index in [1.165, 1.54) is 10.5 Å². The van der Waals surface area contributed by atoms with Crippen molar-refractivity contribution in [2.24, 2.45) is 0 Å². The molecule has 3 rings (SSSR count). The maximum atomic E-state index is 9.02. The van der Waals surface area contributed by atoms with Gasteiger partial charge in [-0.1, -0.05) is 30.3 Å². The number of thioether (sulfide) groups is 1. The molecule has 3 heteroatoms. The number of benzene rings is 2. The molecule has 18 heavy (non-hydrogen) atoms. The minimum atomic E-state index is 0.0996. The molecule has 0 fully saturated rings. The quantitative estimate of drug-likeness (QED) is 0.883. The fourth-order valence-electron chi connectivity index (χ4n) is 2.19. The molecular weight excluding hydrogens is 242 g/mol. The molecule has 0 aromatic heterocycles. The van der Waals surface area contributed by atoms with Gasteiger partial charge in [0.2, 0.25) is 0 Å². The highest BCUT2D eigenvalue weighted by molar-refractivity contribution is 7.99. The third-order valence-corrected chi connectivity index (χ3v) is 4.36. The van der Waals surface area contributed by atoms with Crippen LogP contribution in [-0.4, -0.2) is 10.9 Å². The predicted octanol–water partition coefficient (Wildman–Crippen LogP) is 3.44. The van der Waals surface area contributed by atoms with Crippen LogP contribution < -0.4 is 5.32 Å². The Morgan fingerprint density at radius 1 is 1.11 bits per heavy atom. The fraction of sp³-hybridized carbons (Fsp3) is 0.200. The normalized spacial score (nSPS) is 17.5. The second-order valence-corrected chi connectivity index (χ2v) is 5.46. The third kappa shape index (κ3) is 2.24. The molecule has 0 saturated carbocycles. The summed E-state index contributed by atoms with van der Waals surface area (Å²) in [5.41, 5.74) is 3.44. The third-order valence-electron chi connectivity index (χ3n) is 3.18. The topological polar surface area (TPSA) is 32.3 Å². The predicted molar refractivity (Wildman–Crippen MR) is 75.9 cm³/mol. The van der Waals surface area contributed by atoms with E-state index in [9.17, 15) is 0 Å². The first kappa shape index (κ1) is 11.6. The molecule has 1 heterocycles. The summed E-state index contributed by atoms with van der Waals surface area (Å²) >= 11 is 1.90. The van der Waals surface area contributed by atoms with Crippen LogP contribution in [0, 0.1) is 0 Å². The molecule has 0 amide bonds. The van der Waals surface area contributed by atoms with Crippen LogP contribution in [-0.2, 0) is 6.61 Å². The van der Waals surface area contributed by atoms with Gasteiger partial charge in [0.05, 0.1) is 12.6 Å². The van der Waals surface area contributed by atoms with Gasteiger partial charge in [0.25, 0.3) is 0 Å². The van der Waals surface area contributed by atoms with Gasteiger partial charge < -0.3 is 10.4 Å². The lowest BCUT2D eigenvalue weighted by Gasteiger charge is -2.15. The first-order valence-corrected chi connectivity index (χ1v) is 7.03. The van der Waals surface area contributed by atoms with Crippen LogP contribution in [0.2, 0.25) is 0 Å². The van der Waals surface area contributed by atoms with Gasteiger partial charge in [0, 0.05) is 16.3 Å². The van der Waals surface area contributed by atoms with E-state index in [4.69, 9.17) is 5.11 Å². The second-order valence-electron chi connectivity index (χ2n) is 4.40. The summed E-state index contributed by atoms with van der Waals surface area (Å²) in [6.45, 7) is 0.0996. The molecule has 1 aliphatic heterocycles. The lowest BCUT2D eigenvalue weighted by atomic mass is 10.1. The Morgan fingerprint density at radius 3 is 2.67 bits per heavy atom. The van der Waals surface area contributed by atoms with E-state index in [1.807, 2.05) is 36.0 Å². The van der Waals surface area contributed by atoms with Crippen LogP contribution >= 0.6 is 11.8 Å². The van der Waals surface area contributed by atoms with Crippen molar-refractivity contribution in [1.29, 1.82) is 0 Å². The number of hydrogen-bond donors (Lipinski definition) is 2. The maximum absolute atomic E-state index is 9.02. The minimum absolute atomic E-state index is 0.0996. The first-order valence-electron chi connectivity index (χ1n) is 6.05. The summed E-state index contributed by atoms with van der Waals surface area (Å²) in [4.78, 5) is 1.38. The molecule has 0 spiro atoms. The Balaban J connectivity index is 1.77. The Hall–Kier alpha value is -1.45. The summed E-state index contributed by atoms with van der Waals surface area (Å²) in [6.07, 6.45) is 0. The van der Waals surface area contributed by atoms with Crippen LogP contribution in [0.4, 0.5) is 5.69 Å². The molecule has 0 radical (unpaired) electrons. The van der Waals surface area contributed by atoms with E-state index in [0.29, 0.717) is 6.04 Å². The van der Waals surface area contributed by atoms with Crippen LogP contribution in [0.3, 0.4) is 0 Å². The van der Waals surface area contributed by atoms with Crippen molar-refractivity contribution in [3.05, 3.63) is 59.7 Å². The monoisotopic (exact) mass is 257 g/mol. The van der Waals surface area contributed by atoms with Gasteiger partial charge in [-0.2, -0.15) is 0 Å². The van der Waals surface area contributed by atoms with E-state index in [1.54, 1.807) is 0 Å². The van der Waals surface area contributed by atoms with Crippen LogP contribution in [0.1, 0.15) is 17.2 Å². The highest BCUT2D eigenvalue weighted by atomic mass is 32.2. The molecule has 1 aliphatic rings. The number of hydrogen-bond acceptors (Lipinski definition) is 3. The summed E-state index contributed by atoms with van der Waals surface area (Å²) in [7, 11) is 0. The van der Waals surface area contributed by atoms with Crippen molar-refractivity contribution in [3.8, 4) is 0 Å². The van der Waals surface area contributed by atoms with Crippen LogP contribution in [0.25, 0.3) is 0 Å². The van der Waals surface area contributed by atoms with Gasteiger partial charge in [0.1, 0.15) is 0 Å². The average Bonchev–Trinajstić information content (AvgIpc) is 2.83. The van der Waals surface area contributed by atoms with Crippen molar-refractivity contribution in [1.82, 2.24) is 0 Å². The Bertz CT molecular complexity index is 538. The lowest BCUT2D eigenvalue weighted by molar-refractivity contribution is 0.282. The molecule has 1 unspecified atom stereocenters. The molecular formula is C15H15NOS. The van der Waals surface area contributed by atoms with Crippen molar-refractivity contribution in [3.63, 3.8) is 0 Å².